The third-order valence-corrected chi connectivity index (χ3v) is 8.40. The first-order valence-corrected chi connectivity index (χ1v) is 11.9. The van der Waals surface area contributed by atoms with E-state index in [2.05, 4.69) is 20.9 Å². The molecule has 0 bridgehead atoms. The van der Waals surface area contributed by atoms with Crippen LogP contribution in [-0.2, 0) is 14.6 Å². The van der Waals surface area contributed by atoms with Gasteiger partial charge in [0.05, 0.1) is 17.5 Å². The van der Waals surface area contributed by atoms with Crippen molar-refractivity contribution in [3.8, 4) is 0 Å². The lowest BCUT2D eigenvalue weighted by Crippen LogP contribution is -2.37. The SMILES string of the molecule is CCC(CC)C(=O)N=C1S[C@H]2CS(=O)(=O)C[C@@H]2N1c1cccc(Br)c1. The molecule has 2 atom stereocenters. The molecule has 1 amide bonds. The van der Waals surface area contributed by atoms with Crippen LogP contribution < -0.4 is 4.90 Å². The fourth-order valence-corrected chi connectivity index (χ4v) is 7.62. The van der Waals surface area contributed by atoms with Gasteiger partial charge in [-0.1, -0.05) is 47.6 Å². The molecule has 8 heteroatoms. The van der Waals surface area contributed by atoms with Crippen LogP contribution in [0.3, 0.4) is 0 Å². The van der Waals surface area contributed by atoms with Crippen molar-refractivity contribution in [1.82, 2.24) is 0 Å². The van der Waals surface area contributed by atoms with Crippen molar-refractivity contribution >= 4 is 54.3 Å². The summed E-state index contributed by atoms with van der Waals surface area (Å²) in [6.07, 6.45) is 1.52. The normalized spacial score (nSPS) is 26.4. The van der Waals surface area contributed by atoms with Gasteiger partial charge in [-0.3, -0.25) is 4.79 Å². The summed E-state index contributed by atoms with van der Waals surface area (Å²) in [5.41, 5.74) is 0.863. The van der Waals surface area contributed by atoms with E-state index in [4.69, 9.17) is 0 Å². The third kappa shape index (κ3) is 3.95. The predicted molar refractivity (Wildman–Crippen MR) is 107 cm³/mol. The van der Waals surface area contributed by atoms with E-state index >= 15 is 0 Å². The molecule has 2 saturated heterocycles. The maximum atomic E-state index is 12.5. The molecule has 136 valence electrons. The number of nitrogens with zero attached hydrogens (tertiary/aromatic N) is 2. The number of thioether (sulfide) groups is 1. The number of amides is 1. The molecule has 0 aliphatic carbocycles. The molecular formula is C17H21BrN2O3S2. The Labute approximate surface area is 161 Å². The quantitative estimate of drug-likeness (QED) is 0.710. The number of halogens is 1. The summed E-state index contributed by atoms with van der Waals surface area (Å²) in [5.74, 6) is 0.0531. The maximum Gasteiger partial charge on any atom is 0.251 e. The molecule has 2 heterocycles. The highest BCUT2D eigenvalue weighted by molar-refractivity contribution is 9.10. The maximum absolute atomic E-state index is 12.5. The molecule has 0 aromatic heterocycles. The summed E-state index contributed by atoms with van der Waals surface area (Å²) >= 11 is 4.88. The summed E-state index contributed by atoms with van der Waals surface area (Å²) in [5, 5.41) is 0.553. The van der Waals surface area contributed by atoms with Crippen LogP contribution in [0, 0.1) is 5.92 Å². The van der Waals surface area contributed by atoms with Gasteiger partial charge in [0, 0.05) is 21.3 Å². The molecule has 2 aliphatic rings. The Morgan fingerprint density at radius 2 is 2.08 bits per heavy atom. The number of benzene rings is 1. The molecule has 0 radical (unpaired) electrons. The van der Waals surface area contributed by atoms with Gasteiger partial charge >= 0.3 is 0 Å². The summed E-state index contributed by atoms with van der Waals surface area (Å²) in [6, 6.07) is 7.52. The number of fused-ring (bicyclic) bond motifs is 1. The first kappa shape index (κ1) is 18.9. The van der Waals surface area contributed by atoms with E-state index in [1.54, 1.807) is 0 Å². The van der Waals surface area contributed by atoms with Crippen LogP contribution in [0.15, 0.2) is 33.7 Å². The standard InChI is InChI=1S/C17H21BrN2O3S2/c1-3-11(4-2)16(21)19-17-20(13-7-5-6-12(18)8-13)14-9-25(22,23)10-15(14)24-17/h5-8,11,14-15H,3-4,9-10H2,1-2H3/t14-,15-/m0/s1. The second-order valence-corrected chi connectivity index (χ2v) is 10.7. The number of sulfone groups is 1. The van der Waals surface area contributed by atoms with Gasteiger partial charge in [-0.2, -0.15) is 4.99 Å². The fraction of sp³-hybridized carbons (Fsp3) is 0.529. The van der Waals surface area contributed by atoms with Crippen LogP contribution in [0.5, 0.6) is 0 Å². The van der Waals surface area contributed by atoms with Crippen molar-refractivity contribution < 1.29 is 13.2 Å². The number of hydrogen-bond donors (Lipinski definition) is 0. The van der Waals surface area contributed by atoms with Crippen molar-refractivity contribution in [2.24, 2.45) is 10.9 Å². The molecule has 0 saturated carbocycles. The fourth-order valence-electron chi connectivity index (χ4n) is 3.32. The summed E-state index contributed by atoms with van der Waals surface area (Å²) in [4.78, 5) is 18.8. The monoisotopic (exact) mass is 444 g/mol. The van der Waals surface area contributed by atoms with Crippen LogP contribution in [0.2, 0.25) is 0 Å². The zero-order valence-corrected chi connectivity index (χ0v) is 17.4. The van der Waals surface area contributed by atoms with Crippen molar-refractivity contribution in [2.75, 3.05) is 16.4 Å². The zero-order chi connectivity index (χ0) is 18.2. The smallest absolute Gasteiger partial charge is 0.251 e. The van der Waals surface area contributed by atoms with Gasteiger partial charge in [0.25, 0.3) is 5.91 Å². The minimum atomic E-state index is -3.05. The third-order valence-electron chi connectivity index (χ3n) is 4.69. The van der Waals surface area contributed by atoms with Crippen LogP contribution in [0.4, 0.5) is 5.69 Å². The number of amidine groups is 1. The molecule has 1 aromatic carbocycles. The van der Waals surface area contributed by atoms with Crippen molar-refractivity contribution in [1.29, 1.82) is 0 Å². The molecule has 3 rings (SSSR count). The van der Waals surface area contributed by atoms with Crippen molar-refractivity contribution in [2.45, 2.75) is 38.0 Å². The Kier molecular flexibility index (Phi) is 5.60. The molecule has 0 unspecified atom stereocenters. The summed E-state index contributed by atoms with van der Waals surface area (Å²) in [6.45, 7) is 3.98. The van der Waals surface area contributed by atoms with Gasteiger partial charge in [0.2, 0.25) is 0 Å². The van der Waals surface area contributed by atoms with Crippen LogP contribution >= 0.6 is 27.7 Å². The topological polar surface area (TPSA) is 66.8 Å². The average Bonchev–Trinajstić information content (AvgIpc) is 2.99. The van der Waals surface area contributed by atoms with Gasteiger partial charge < -0.3 is 4.90 Å². The summed E-state index contributed by atoms with van der Waals surface area (Å²) < 4.78 is 25.0. The highest BCUT2D eigenvalue weighted by Crippen LogP contribution is 2.41. The highest BCUT2D eigenvalue weighted by Gasteiger charge is 2.49. The zero-order valence-electron chi connectivity index (χ0n) is 14.2. The van der Waals surface area contributed by atoms with Crippen molar-refractivity contribution in [3.05, 3.63) is 28.7 Å². The lowest BCUT2D eigenvalue weighted by atomic mass is 10.0. The van der Waals surface area contributed by atoms with E-state index in [1.165, 1.54) is 11.8 Å². The number of hydrogen-bond acceptors (Lipinski definition) is 4. The predicted octanol–water partition coefficient (Wildman–Crippen LogP) is 3.49. The first-order valence-electron chi connectivity index (χ1n) is 8.39. The Morgan fingerprint density at radius 1 is 1.36 bits per heavy atom. The first-order chi connectivity index (χ1) is 11.8. The Bertz CT molecular complexity index is 806. The van der Waals surface area contributed by atoms with E-state index in [1.807, 2.05) is 43.0 Å². The lowest BCUT2D eigenvalue weighted by molar-refractivity contribution is -0.121. The molecule has 2 fully saturated rings. The van der Waals surface area contributed by atoms with E-state index in [0.717, 1.165) is 23.0 Å². The molecule has 1 aromatic rings. The molecule has 25 heavy (non-hydrogen) atoms. The lowest BCUT2D eigenvalue weighted by Gasteiger charge is -2.25. The van der Waals surface area contributed by atoms with Gasteiger partial charge in [0.1, 0.15) is 0 Å². The number of aliphatic imine (C=N–C) groups is 1. The Hall–Kier alpha value is -0.860. The molecule has 0 spiro atoms. The van der Waals surface area contributed by atoms with Crippen LogP contribution in [0.25, 0.3) is 0 Å². The number of anilines is 1. The Balaban J connectivity index is 1.99. The minimum absolute atomic E-state index is 0.0720. The van der Waals surface area contributed by atoms with Gasteiger partial charge in [-0.15, -0.1) is 0 Å². The molecule has 5 nitrogen and oxygen atoms in total. The number of carbonyl (C=O) groups is 1. The van der Waals surface area contributed by atoms with E-state index in [0.29, 0.717) is 5.17 Å². The minimum Gasteiger partial charge on any atom is -0.316 e. The number of carbonyl (C=O) groups excluding carboxylic acids is 1. The Morgan fingerprint density at radius 3 is 2.72 bits per heavy atom. The van der Waals surface area contributed by atoms with Crippen molar-refractivity contribution in [3.63, 3.8) is 0 Å². The molecule has 0 N–H and O–H groups in total. The highest BCUT2D eigenvalue weighted by atomic mass is 79.9. The summed E-state index contributed by atoms with van der Waals surface area (Å²) in [7, 11) is -3.05. The van der Waals surface area contributed by atoms with E-state index < -0.39 is 9.84 Å². The molecule has 2 aliphatic heterocycles. The average molecular weight is 445 g/mol. The second kappa shape index (κ2) is 7.40. The number of rotatable bonds is 4. The molecular weight excluding hydrogens is 424 g/mol. The largest absolute Gasteiger partial charge is 0.316 e. The second-order valence-electron chi connectivity index (χ2n) is 6.40. The van der Waals surface area contributed by atoms with Crippen LogP contribution in [0.1, 0.15) is 26.7 Å². The van der Waals surface area contributed by atoms with E-state index in [-0.39, 0.29) is 34.6 Å². The van der Waals surface area contributed by atoms with Crippen LogP contribution in [-0.4, -0.2) is 42.3 Å². The van der Waals surface area contributed by atoms with Gasteiger partial charge in [0.15, 0.2) is 15.0 Å². The van der Waals surface area contributed by atoms with Gasteiger partial charge in [-0.05, 0) is 31.0 Å². The van der Waals surface area contributed by atoms with E-state index in [9.17, 15) is 13.2 Å². The van der Waals surface area contributed by atoms with Gasteiger partial charge in [-0.25, -0.2) is 8.42 Å².